The molecule has 0 radical (unpaired) electrons. The summed E-state index contributed by atoms with van der Waals surface area (Å²) in [5.41, 5.74) is 8.03. The fourth-order valence-corrected chi connectivity index (χ4v) is 5.07. The third-order valence-corrected chi connectivity index (χ3v) is 6.37. The van der Waals surface area contributed by atoms with Crippen molar-refractivity contribution in [1.29, 1.82) is 0 Å². The Morgan fingerprint density at radius 3 is 2.76 bits per heavy atom. The third kappa shape index (κ3) is 3.19. The van der Waals surface area contributed by atoms with E-state index in [0.717, 1.165) is 36.9 Å². The van der Waals surface area contributed by atoms with Gasteiger partial charge in [0.1, 0.15) is 0 Å². The molecule has 0 aliphatic heterocycles. The van der Waals surface area contributed by atoms with Gasteiger partial charge in [0.15, 0.2) is 5.13 Å². The SMILES string of the molecule is Nc1cccc(-c2csc(NS(=O)(=O)C3CCCC3)n2)c1. The molecule has 0 amide bonds. The van der Waals surface area contributed by atoms with Crippen LogP contribution in [0.1, 0.15) is 25.7 Å². The van der Waals surface area contributed by atoms with Gasteiger partial charge in [0.2, 0.25) is 10.0 Å². The maximum atomic E-state index is 12.2. The Morgan fingerprint density at radius 1 is 1.29 bits per heavy atom. The van der Waals surface area contributed by atoms with E-state index < -0.39 is 10.0 Å². The Hall–Kier alpha value is -1.60. The quantitative estimate of drug-likeness (QED) is 0.847. The highest BCUT2D eigenvalue weighted by atomic mass is 32.2. The van der Waals surface area contributed by atoms with E-state index in [1.165, 1.54) is 11.3 Å². The van der Waals surface area contributed by atoms with Crippen molar-refractivity contribution in [1.82, 2.24) is 4.98 Å². The van der Waals surface area contributed by atoms with Crippen molar-refractivity contribution in [3.8, 4) is 11.3 Å². The summed E-state index contributed by atoms with van der Waals surface area (Å²) in [6, 6.07) is 7.39. The number of sulfonamides is 1. The smallest absolute Gasteiger partial charge is 0.237 e. The van der Waals surface area contributed by atoms with E-state index in [-0.39, 0.29) is 5.25 Å². The lowest BCUT2D eigenvalue weighted by molar-refractivity contribution is 0.585. The lowest BCUT2D eigenvalue weighted by Crippen LogP contribution is -2.25. The zero-order valence-corrected chi connectivity index (χ0v) is 13.1. The second-order valence-electron chi connectivity index (χ2n) is 5.22. The first-order chi connectivity index (χ1) is 10.0. The molecule has 0 spiro atoms. The molecule has 0 unspecified atom stereocenters. The first-order valence-corrected chi connectivity index (χ1v) is 9.30. The topological polar surface area (TPSA) is 85.1 Å². The number of anilines is 2. The lowest BCUT2D eigenvalue weighted by Gasteiger charge is -2.10. The lowest BCUT2D eigenvalue weighted by atomic mass is 10.1. The fraction of sp³-hybridized carbons (Fsp3) is 0.357. The van der Waals surface area contributed by atoms with Crippen molar-refractivity contribution in [3.63, 3.8) is 0 Å². The second kappa shape index (κ2) is 5.65. The van der Waals surface area contributed by atoms with Gasteiger partial charge < -0.3 is 5.73 Å². The predicted octanol–water partition coefficient (Wildman–Crippen LogP) is 3.08. The molecule has 0 atom stereocenters. The highest BCUT2D eigenvalue weighted by Gasteiger charge is 2.29. The maximum absolute atomic E-state index is 12.2. The van der Waals surface area contributed by atoms with Gasteiger partial charge in [-0.15, -0.1) is 11.3 Å². The third-order valence-electron chi connectivity index (χ3n) is 3.66. The zero-order valence-electron chi connectivity index (χ0n) is 11.5. The standard InChI is InChI=1S/C14H17N3O2S2/c15-11-5-3-4-10(8-11)13-9-20-14(16-13)17-21(18,19)12-6-1-2-7-12/h3-5,8-9,12H,1-2,6-7,15H2,(H,16,17). The van der Waals surface area contributed by atoms with Gasteiger partial charge in [-0.25, -0.2) is 13.4 Å². The zero-order chi connectivity index (χ0) is 14.9. The van der Waals surface area contributed by atoms with E-state index >= 15 is 0 Å². The summed E-state index contributed by atoms with van der Waals surface area (Å²) in [6.45, 7) is 0. The molecule has 3 N–H and O–H groups in total. The molecule has 1 fully saturated rings. The molecule has 1 aliphatic rings. The van der Waals surface area contributed by atoms with Gasteiger partial charge in [-0.2, -0.15) is 0 Å². The monoisotopic (exact) mass is 323 g/mol. The molecule has 2 aromatic rings. The van der Waals surface area contributed by atoms with Gasteiger partial charge >= 0.3 is 0 Å². The van der Waals surface area contributed by atoms with Gasteiger partial charge in [0.25, 0.3) is 0 Å². The van der Waals surface area contributed by atoms with Crippen LogP contribution in [0, 0.1) is 0 Å². The first-order valence-electron chi connectivity index (χ1n) is 6.88. The van der Waals surface area contributed by atoms with Gasteiger partial charge in [-0.1, -0.05) is 25.0 Å². The number of nitrogens with two attached hydrogens (primary N) is 1. The van der Waals surface area contributed by atoms with Crippen molar-refractivity contribution < 1.29 is 8.42 Å². The molecule has 1 aromatic carbocycles. The molecule has 1 aromatic heterocycles. The van der Waals surface area contributed by atoms with Crippen molar-refractivity contribution in [2.75, 3.05) is 10.5 Å². The van der Waals surface area contributed by atoms with Crippen LogP contribution in [0.15, 0.2) is 29.6 Å². The van der Waals surface area contributed by atoms with Gasteiger partial charge in [0, 0.05) is 16.6 Å². The summed E-state index contributed by atoms with van der Waals surface area (Å²) < 4.78 is 27.1. The van der Waals surface area contributed by atoms with Crippen LogP contribution in [-0.4, -0.2) is 18.7 Å². The number of aromatic nitrogens is 1. The largest absolute Gasteiger partial charge is 0.399 e. The molecule has 21 heavy (non-hydrogen) atoms. The first kappa shape index (κ1) is 14.3. The van der Waals surface area contributed by atoms with E-state index in [0.29, 0.717) is 10.8 Å². The highest BCUT2D eigenvalue weighted by molar-refractivity contribution is 7.93. The summed E-state index contributed by atoms with van der Waals surface area (Å²) in [7, 11) is -3.32. The molecule has 0 saturated heterocycles. The fourth-order valence-electron chi connectivity index (χ4n) is 2.55. The van der Waals surface area contributed by atoms with Gasteiger partial charge in [-0.3, -0.25) is 4.72 Å². The van der Waals surface area contributed by atoms with Gasteiger partial charge in [0.05, 0.1) is 10.9 Å². The summed E-state index contributed by atoms with van der Waals surface area (Å²) in [5, 5.41) is 1.97. The number of hydrogen-bond donors (Lipinski definition) is 2. The van der Waals surface area contributed by atoms with Crippen LogP contribution in [0.2, 0.25) is 0 Å². The van der Waals surface area contributed by atoms with Crippen molar-refractivity contribution in [3.05, 3.63) is 29.6 Å². The molecule has 0 bridgehead atoms. The van der Waals surface area contributed by atoms with E-state index in [1.807, 2.05) is 23.6 Å². The number of benzene rings is 1. The number of rotatable bonds is 4. The summed E-state index contributed by atoms with van der Waals surface area (Å²) in [4.78, 5) is 4.35. The summed E-state index contributed by atoms with van der Waals surface area (Å²) in [6.07, 6.45) is 3.45. The molecule has 1 saturated carbocycles. The molecule has 1 heterocycles. The maximum Gasteiger partial charge on any atom is 0.237 e. The van der Waals surface area contributed by atoms with Crippen LogP contribution >= 0.6 is 11.3 Å². The average Bonchev–Trinajstić information content (AvgIpc) is 3.09. The Balaban J connectivity index is 1.79. The molecule has 5 nitrogen and oxygen atoms in total. The minimum Gasteiger partial charge on any atom is -0.399 e. The number of nitrogen functional groups attached to an aromatic ring is 1. The Labute approximate surface area is 128 Å². The van der Waals surface area contributed by atoms with Gasteiger partial charge in [-0.05, 0) is 25.0 Å². The van der Waals surface area contributed by atoms with E-state index in [1.54, 1.807) is 6.07 Å². The van der Waals surface area contributed by atoms with Crippen LogP contribution in [0.25, 0.3) is 11.3 Å². The van der Waals surface area contributed by atoms with Crippen molar-refractivity contribution in [2.45, 2.75) is 30.9 Å². The Morgan fingerprint density at radius 2 is 2.05 bits per heavy atom. The number of nitrogens with zero attached hydrogens (tertiary/aromatic N) is 1. The Kier molecular flexibility index (Phi) is 3.86. The minimum atomic E-state index is -3.32. The van der Waals surface area contributed by atoms with Crippen LogP contribution < -0.4 is 10.5 Å². The minimum absolute atomic E-state index is 0.280. The molecule has 112 valence electrons. The second-order valence-corrected chi connectivity index (χ2v) is 8.04. The number of thiazole rings is 1. The van der Waals surface area contributed by atoms with Crippen LogP contribution in [0.3, 0.4) is 0 Å². The molecule has 3 rings (SSSR count). The summed E-state index contributed by atoms with van der Waals surface area (Å²) in [5.74, 6) is 0. The van der Waals surface area contributed by atoms with Crippen LogP contribution in [-0.2, 0) is 10.0 Å². The van der Waals surface area contributed by atoms with E-state index in [9.17, 15) is 8.42 Å². The molecular weight excluding hydrogens is 306 g/mol. The van der Waals surface area contributed by atoms with Crippen molar-refractivity contribution in [2.24, 2.45) is 0 Å². The van der Waals surface area contributed by atoms with Crippen molar-refractivity contribution >= 4 is 32.2 Å². The Bertz CT molecular complexity index is 734. The molecular formula is C14H17N3O2S2. The summed E-state index contributed by atoms with van der Waals surface area (Å²) >= 11 is 1.29. The normalized spacial score (nSPS) is 16.2. The van der Waals surface area contributed by atoms with Crippen LogP contribution in [0.5, 0.6) is 0 Å². The molecule has 1 aliphatic carbocycles. The number of nitrogens with one attached hydrogen (secondary N) is 1. The highest BCUT2D eigenvalue weighted by Crippen LogP contribution is 2.29. The van der Waals surface area contributed by atoms with Crippen LogP contribution in [0.4, 0.5) is 10.8 Å². The predicted molar refractivity (Wildman–Crippen MR) is 86.8 cm³/mol. The average molecular weight is 323 g/mol. The van der Waals surface area contributed by atoms with E-state index in [4.69, 9.17) is 5.73 Å². The van der Waals surface area contributed by atoms with E-state index in [2.05, 4.69) is 9.71 Å². The molecule has 7 heteroatoms. The number of hydrogen-bond acceptors (Lipinski definition) is 5.